The van der Waals surface area contributed by atoms with Crippen molar-refractivity contribution in [3.63, 3.8) is 0 Å². The first-order valence-corrected chi connectivity index (χ1v) is 5.53. The maximum Gasteiger partial charge on any atom is 0.270 e. The molecule has 1 aromatic carbocycles. The number of rotatable bonds is 5. The van der Waals surface area contributed by atoms with Gasteiger partial charge in [-0.1, -0.05) is 0 Å². The van der Waals surface area contributed by atoms with Gasteiger partial charge in [0.1, 0.15) is 6.61 Å². The molecule has 0 bridgehead atoms. The second-order valence-corrected chi connectivity index (χ2v) is 3.74. The molecule has 94 valence electrons. The van der Waals surface area contributed by atoms with E-state index in [1.165, 1.54) is 12.1 Å². The second-order valence-electron chi connectivity index (χ2n) is 3.74. The fraction of sp³-hybridized carbons (Fsp3) is 0.250. The molecule has 0 atom stereocenters. The van der Waals surface area contributed by atoms with Gasteiger partial charge in [0.15, 0.2) is 0 Å². The van der Waals surface area contributed by atoms with Gasteiger partial charge in [0, 0.05) is 30.1 Å². The molecule has 0 aliphatic rings. The molecular formula is C12H13N3O3. The predicted octanol–water partition coefficient (Wildman–Crippen LogP) is 1.74. The molecule has 0 unspecified atom stereocenters. The van der Waals surface area contributed by atoms with Crippen LogP contribution < -0.4 is 10.1 Å². The molecule has 18 heavy (non-hydrogen) atoms. The van der Waals surface area contributed by atoms with E-state index >= 15 is 0 Å². The zero-order chi connectivity index (χ0) is 13.0. The first-order valence-electron chi connectivity index (χ1n) is 5.53. The van der Waals surface area contributed by atoms with E-state index < -0.39 is 4.92 Å². The van der Waals surface area contributed by atoms with Crippen molar-refractivity contribution in [2.45, 2.75) is 0 Å². The SMILES string of the molecule is CNCCOc1ccc2cc([N+](=O)[O-])ccc2n1. The quantitative estimate of drug-likeness (QED) is 0.494. The lowest BCUT2D eigenvalue weighted by atomic mass is 10.2. The highest BCUT2D eigenvalue weighted by atomic mass is 16.6. The van der Waals surface area contributed by atoms with Crippen LogP contribution in [-0.2, 0) is 0 Å². The fourth-order valence-corrected chi connectivity index (χ4v) is 1.55. The summed E-state index contributed by atoms with van der Waals surface area (Å²) in [4.78, 5) is 14.5. The Morgan fingerprint density at radius 1 is 1.39 bits per heavy atom. The van der Waals surface area contributed by atoms with E-state index in [1.54, 1.807) is 18.2 Å². The topological polar surface area (TPSA) is 77.3 Å². The molecule has 0 spiro atoms. The Kier molecular flexibility index (Phi) is 3.69. The predicted molar refractivity (Wildman–Crippen MR) is 67.8 cm³/mol. The van der Waals surface area contributed by atoms with Crippen LogP contribution in [0.25, 0.3) is 10.9 Å². The number of likely N-dealkylation sites (N-methyl/N-ethyl adjacent to an activating group) is 1. The van der Waals surface area contributed by atoms with Gasteiger partial charge < -0.3 is 10.1 Å². The highest BCUT2D eigenvalue weighted by Gasteiger charge is 2.07. The summed E-state index contributed by atoms with van der Waals surface area (Å²) in [6.45, 7) is 1.27. The first-order chi connectivity index (χ1) is 8.70. The molecule has 0 aliphatic heterocycles. The number of hydrogen-bond acceptors (Lipinski definition) is 5. The minimum atomic E-state index is -0.420. The van der Waals surface area contributed by atoms with E-state index in [0.29, 0.717) is 18.0 Å². The molecule has 0 amide bonds. The molecule has 6 heteroatoms. The Bertz CT molecular complexity index is 571. The normalized spacial score (nSPS) is 10.5. The molecule has 0 saturated carbocycles. The van der Waals surface area contributed by atoms with Crippen molar-refractivity contribution in [3.05, 3.63) is 40.4 Å². The number of non-ortho nitro benzene ring substituents is 1. The molecule has 0 saturated heterocycles. The Morgan fingerprint density at radius 3 is 2.94 bits per heavy atom. The lowest BCUT2D eigenvalue weighted by Crippen LogP contribution is -2.16. The third kappa shape index (κ3) is 2.72. The number of aromatic nitrogens is 1. The highest BCUT2D eigenvalue weighted by molar-refractivity contribution is 5.81. The number of ether oxygens (including phenoxy) is 1. The monoisotopic (exact) mass is 247 g/mol. The molecular weight excluding hydrogens is 234 g/mol. The highest BCUT2D eigenvalue weighted by Crippen LogP contribution is 2.21. The van der Waals surface area contributed by atoms with Crippen LogP contribution in [0.1, 0.15) is 0 Å². The molecule has 0 fully saturated rings. The van der Waals surface area contributed by atoms with Gasteiger partial charge in [0.2, 0.25) is 5.88 Å². The van der Waals surface area contributed by atoms with Crippen LogP contribution in [0.4, 0.5) is 5.69 Å². The summed E-state index contributed by atoms with van der Waals surface area (Å²) in [6.07, 6.45) is 0. The van der Waals surface area contributed by atoms with Crippen LogP contribution in [0.5, 0.6) is 5.88 Å². The van der Waals surface area contributed by atoms with Crippen molar-refractivity contribution >= 4 is 16.6 Å². The Labute approximate surface area is 104 Å². The molecule has 0 radical (unpaired) electrons. The van der Waals surface area contributed by atoms with Crippen LogP contribution in [0.3, 0.4) is 0 Å². The van der Waals surface area contributed by atoms with Crippen molar-refractivity contribution in [1.29, 1.82) is 0 Å². The average molecular weight is 247 g/mol. The standard InChI is InChI=1S/C12H13N3O3/c1-13-6-7-18-12-5-2-9-8-10(15(16)17)3-4-11(9)14-12/h2-5,8,13H,6-7H2,1H3. The zero-order valence-corrected chi connectivity index (χ0v) is 9.92. The first kappa shape index (κ1) is 12.3. The molecule has 1 aromatic heterocycles. The van der Waals surface area contributed by atoms with Crippen molar-refractivity contribution in [1.82, 2.24) is 10.3 Å². The lowest BCUT2D eigenvalue weighted by molar-refractivity contribution is -0.384. The number of benzene rings is 1. The van der Waals surface area contributed by atoms with Gasteiger partial charge in [-0.2, -0.15) is 0 Å². The summed E-state index contributed by atoms with van der Waals surface area (Å²) in [6, 6.07) is 8.04. The van der Waals surface area contributed by atoms with E-state index in [0.717, 1.165) is 11.9 Å². The van der Waals surface area contributed by atoms with E-state index in [1.807, 2.05) is 7.05 Å². The van der Waals surface area contributed by atoms with Crippen molar-refractivity contribution in [3.8, 4) is 5.88 Å². The fourth-order valence-electron chi connectivity index (χ4n) is 1.55. The summed E-state index contributed by atoms with van der Waals surface area (Å²) >= 11 is 0. The average Bonchev–Trinajstić information content (AvgIpc) is 2.38. The van der Waals surface area contributed by atoms with E-state index in [-0.39, 0.29) is 5.69 Å². The molecule has 2 rings (SSSR count). The van der Waals surface area contributed by atoms with Crippen LogP contribution in [0, 0.1) is 10.1 Å². The Hall–Kier alpha value is -2.21. The van der Waals surface area contributed by atoms with Gasteiger partial charge in [-0.25, -0.2) is 4.98 Å². The second kappa shape index (κ2) is 5.42. The van der Waals surface area contributed by atoms with Gasteiger partial charge in [0.25, 0.3) is 5.69 Å². The number of nitrogens with zero attached hydrogens (tertiary/aromatic N) is 2. The Morgan fingerprint density at radius 2 is 2.22 bits per heavy atom. The van der Waals surface area contributed by atoms with Gasteiger partial charge in [0.05, 0.1) is 10.4 Å². The maximum absolute atomic E-state index is 10.6. The summed E-state index contributed by atoms with van der Waals surface area (Å²) in [5.74, 6) is 0.520. The smallest absolute Gasteiger partial charge is 0.270 e. The summed E-state index contributed by atoms with van der Waals surface area (Å²) in [7, 11) is 1.84. The van der Waals surface area contributed by atoms with Crippen LogP contribution in [0.2, 0.25) is 0 Å². The molecule has 2 aromatic rings. The zero-order valence-electron chi connectivity index (χ0n) is 9.92. The van der Waals surface area contributed by atoms with Crippen molar-refractivity contribution in [2.24, 2.45) is 0 Å². The minimum Gasteiger partial charge on any atom is -0.476 e. The lowest BCUT2D eigenvalue weighted by Gasteiger charge is -2.05. The van der Waals surface area contributed by atoms with Gasteiger partial charge in [-0.3, -0.25) is 10.1 Å². The van der Waals surface area contributed by atoms with Crippen molar-refractivity contribution < 1.29 is 9.66 Å². The molecule has 1 heterocycles. The van der Waals surface area contributed by atoms with Gasteiger partial charge in [-0.05, 0) is 19.2 Å². The third-order valence-electron chi connectivity index (χ3n) is 2.46. The number of nitro groups is 1. The number of fused-ring (bicyclic) bond motifs is 1. The number of pyridine rings is 1. The number of nitro benzene ring substituents is 1. The Balaban J connectivity index is 2.24. The number of hydrogen-bond donors (Lipinski definition) is 1. The molecule has 6 nitrogen and oxygen atoms in total. The third-order valence-corrected chi connectivity index (χ3v) is 2.46. The number of nitrogens with one attached hydrogen (secondary N) is 1. The molecule has 1 N–H and O–H groups in total. The minimum absolute atomic E-state index is 0.0631. The van der Waals surface area contributed by atoms with E-state index in [9.17, 15) is 10.1 Å². The van der Waals surface area contributed by atoms with Gasteiger partial charge in [-0.15, -0.1) is 0 Å². The summed E-state index contributed by atoms with van der Waals surface area (Å²) < 4.78 is 5.42. The summed E-state index contributed by atoms with van der Waals surface area (Å²) in [5.41, 5.74) is 0.746. The van der Waals surface area contributed by atoms with Crippen LogP contribution in [-0.4, -0.2) is 30.1 Å². The largest absolute Gasteiger partial charge is 0.476 e. The van der Waals surface area contributed by atoms with Crippen molar-refractivity contribution in [2.75, 3.05) is 20.2 Å². The van der Waals surface area contributed by atoms with E-state index in [4.69, 9.17) is 4.74 Å². The van der Waals surface area contributed by atoms with E-state index in [2.05, 4.69) is 10.3 Å². The maximum atomic E-state index is 10.6. The van der Waals surface area contributed by atoms with Crippen LogP contribution >= 0.6 is 0 Å². The molecule has 0 aliphatic carbocycles. The summed E-state index contributed by atoms with van der Waals surface area (Å²) in [5, 5.41) is 14.3. The van der Waals surface area contributed by atoms with Crippen LogP contribution in [0.15, 0.2) is 30.3 Å². The van der Waals surface area contributed by atoms with Gasteiger partial charge >= 0.3 is 0 Å².